The molecular formula is C14H16ClN3O2S. The van der Waals surface area contributed by atoms with Crippen LogP contribution in [0.4, 0.5) is 0 Å². The van der Waals surface area contributed by atoms with Crippen molar-refractivity contribution < 1.29 is 9.63 Å². The van der Waals surface area contributed by atoms with Crippen LogP contribution in [0.5, 0.6) is 0 Å². The molecule has 112 valence electrons. The quantitative estimate of drug-likeness (QED) is 0.858. The van der Waals surface area contributed by atoms with Crippen LogP contribution in [0.15, 0.2) is 24.5 Å². The zero-order chi connectivity index (χ0) is 15.0. The Morgan fingerprint density at radius 2 is 2.43 bits per heavy atom. The van der Waals surface area contributed by atoms with Crippen molar-refractivity contribution in [3.63, 3.8) is 0 Å². The Kier molecular flexibility index (Phi) is 4.01. The maximum absolute atomic E-state index is 12.4. The standard InChI is InChI=1S/C14H16ClN3O2S/c1-8(10-5-11(10)12-3-4-13(15)21-12)18(20-2)14(19)9-6-16-17-7-9/h3-4,6-8,10-11H,5H2,1-2H3,(H,16,17). The van der Waals surface area contributed by atoms with Gasteiger partial charge in [-0.15, -0.1) is 11.3 Å². The molecule has 1 aliphatic rings. The third-order valence-corrected chi connectivity index (χ3v) is 5.29. The lowest BCUT2D eigenvalue weighted by Crippen LogP contribution is -2.39. The van der Waals surface area contributed by atoms with Crippen LogP contribution in [-0.4, -0.2) is 34.3 Å². The number of rotatable bonds is 5. The molecule has 3 rings (SSSR count). The second-order valence-corrected chi connectivity index (χ2v) is 6.94. The molecule has 3 atom stereocenters. The molecule has 1 saturated carbocycles. The number of hydrogen-bond acceptors (Lipinski definition) is 4. The van der Waals surface area contributed by atoms with E-state index in [1.54, 1.807) is 17.5 Å². The SMILES string of the molecule is CON(C(=O)c1cn[nH]c1)C(C)C1CC1c1ccc(Cl)s1. The number of nitrogens with zero attached hydrogens (tertiary/aromatic N) is 2. The number of aromatic amines is 1. The van der Waals surface area contributed by atoms with Crippen LogP contribution in [0.3, 0.4) is 0 Å². The average Bonchev–Trinajstić information content (AvgIpc) is 2.88. The summed E-state index contributed by atoms with van der Waals surface area (Å²) in [6, 6.07) is 3.99. The molecule has 0 bridgehead atoms. The zero-order valence-electron chi connectivity index (χ0n) is 11.7. The van der Waals surface area contributed by atoms with Gasteiger partial charge < -0.3 is 0 Å². The number of hydrogen-bond donors (Lipinski definition) is 1. The van der Waals surface area contributed by atoms with Crippen molar-refractivity contribution in [1.29, 1.82) is 0 Å². The number of hydroxylamine groups is 2. The first-order valence-electron chi connectivity index (χ1n) is 6.73. The third kappa shape index (κ3) is 2.84. The van der Waals surface area contributed by atoms with E-state index in [9.17, 15) is 4.79 Å². The number of H-pyrrole nitrogens is 1. The monoisotopic (exact) mass is 325 g/mol. The van der Waals surface area contributed by atoms with E-state index in [0.717, 1.165) is 10.8 Å². The van der Waals surface area contributed by atoms with E-state index >= 15 is 0 Å². The minimum Gasteiger partial charge on any atom is -0.285 e. The van der Waals surface area contributed by atoms with E-state index < -0.39 is 0 Å². The van der Waals surface area contributed by atoms with E-state index in [2.05, 4.69) is 16.3 Å². The van der Waals surface area contributed by atoms with Gasteiger partial charge >= 0.3 is 0 Å². The van der Waals surface area contributed by atoms with Gasteiger partial charge in [-0.25, -0.2) is 5.06 Å². The number of carbonyl (C=O) groups is 1. The number of nitrogens with one attached hydrogen (secondary N) is 1. The van der Waals surface area contributed by atoms with Crippen molar-refractivity contribution in [2.24, 2.45) is 5.92 Å². The second kappa shape index (κ2) is 5.79. The van der Waals surface area contributed by atoms with Crippen molar-refractivity contribution in [2.45, 2.75) is 25.3 Å². The minimum absolute atomic E-state index is 0.00303. The van der Waals surface area contributed by atoms with Crippen LogP contribution in [0.25, 0.3) is 0 Å². The molecule has 21 heavy (non-hydrogen) atoms. The molecule has 1 N–H and O–H groups in total. The zero-order valence-corrected chi connectivity index (χ0v) is 13.3. The lowest BCUT2D eigenvalue weighted by Gasteiger charge is -2.26. The fraction of sp³-hybridized carbons (Fsp3) is 0.429. The summed E-state index contributed by atoms with van der Waals surface area (Å²) in [5.41, 5.74) is 0.500. The summed E-state index contributed by atoms with van der Waals surface area (Å²) in [5.74, 6) is 0.691. The summed E-state index contributed by atoms with van der Waals surface area (Å²) >= 11 is 7.60. The van der Waals surface area contributed by atoms with Crippen molar-refractivity contribution in [2.75, 3.05) is 7.11 Å². The Morgan fingerprint density at radius 1 is 1.62 bits per heavy atom. The molecular weight excluding hydrogens is 310 g/mol. The Balaban J connectivity index is 1.69. The van der Waals surface area contributed by atoms with Gasteiger partial charge in [0, 0.05) is 11.1 Å². The highest BCUT2D eigenvalue weighted by molar-refractivity contribution is 7.16. The van der Waals surface area contributed by atoms with Crippen molar-refractivity contribution in [3.8, 4) is 0 Å². The van der Waals surface area contributed by atoms with Gasteiger partial charge in [0.1, 0.15) is 0 Å². The van der Waals surface area contributed by atoms with Gasteiger partial charge in [-0.05, 0) is 37.3 Å². The van der Waals surface area contributed by atoms with E-state index in [0.29, 0.717) is 17.4 Å². The lowest BCUT2D eigenvalue weighted by molar-refractivity contribution is -0.124. The number of aromatic nitrogens is 2. The largest absolute Gasteiger partial charge is 0.285 e. The molecule has 7 heteroatoms. The Hall–Kier alpha value is -1.37. The van der Waals surface area contributed by atoms with Crippen LogP contribution >= 0.6 is 22.9 Å². The van der Waals surface area contributed by atoms with E-state index in [1.807, 2.05) is 13.0 Å². The number of halogens is 1. The first kappa shape index (κ1) is 14.6. The summed E-state index contributed by atoms with van der Waals surface area (Å²) in [6.07, 6.45) is 4.13. The molecule has 2 aromatic rings. The Morgan fingerprint density at radius 3 is 3.00 bits per heavy atom. The van der Waals surface area contributed by atoms with Crippen LogP contribution in [0.2, 0.25) is 4.34 Å². The summed E-state index contributed by atoms with van der Waals surface area (Å²) < 4.78 is 0.807. The molecule has 1 fully saturated rings. The summed E-state index contributed by atoms with van der Waals surface area (Å²) in [7, 11) is 1.52. The molecule has 2 heterocycles. The Labute approximate surface area is 131 Å². The summed E-state index contributed by atoms with van der Waals surface area (Å²) in [6.45, 7) is 2.02. The van der Waals surface area contributed by atoms with Gasteiger partial charge in [-0.3, -0.25) is 14.7 Å². The van der Waals surface area contributed by atoms with Crippen LogP contribution in [0, 0.1) is 5.92 Å². The first-order valence-corrected chi connectivity index (χ1v) is 7.93. The van der Waals surface area contributed by atoms with Crippen molar-refractivity contribution in [1.82, 2.24) is 15.3 Å². The number of carbonyl (C=O) groups excluding carboxylic acids is 1. The molecule has 0 aromatic carbocycles. The molecule has 1 amide bonds. The highest BCUT2D eigenvalue weighted by atomic mass is 35.5. The van der Waals surface area contributed by atoms with E-state index in [-0.39, 0.29) is 11.9 Å². The van der Waals surface area contributed by atoms with Crippen LogP contribution < -0.4 is 0 Å². The van der Waals surface area contributed by atoms with Gasteiger partial charge in [0.25, 0.3) is 5.91 Å². The normalized spacial score (nSPS) is 22.0. The van der Waals surface area contributed by atoms with Crippen LogP contribution in [0.1, 0.15) is 34.5 Å². The van der Waals surface area contributed by atoms with Gasteiger partial charge in [0.2, 0.25) is 0 Å². The molecule has 3 unspecified atom stereocenters. The highest BCUT2D eigenvalue weighted by Crippen LogP contribution is 2.53. The lowest BCUT2D eigenvalue weighted by atomic mass is 10.1. The van der Waals surface area contributed by atoms with Crippen molar-refractivity contribution >= 4 is 28.8 Å². The van der Waals surface area contributed by atoms with Crippen LogP contribution in [-0.2, 0) is 4.84 Å². The van der Waals surface area contributed by atoms with Crippen molar-refractivity contribution in [3.05, 3.63) is 39.3 Å². The summed E-state index contributed by atoms with van der Waals surface area (Å²) in [4.78, 5) is 19.0. The number of thiophene rings is 1. The minimum atomic E-state index is -0.173. The molecule has 0 aliphatic heterocycles. The van der Waals surface area contributed by atoms with E-state index in [1.165, 1.54) is 23.2 Å². The second-order valence-electron chi connectivity index (χ2n) is 5.19. The fourth-order valence-electron chi connectivity index (χ4n) is 2.71. The van der Waals surface area contributed by atoms with Gasteiger partial charge in [-0.1, -0.05) is 11.6 Å². The molecule has 0 radical (unpaired) electrons. The van der Waals surface area contributed by atoms with Gasteiger partial charge in [0.05, 0.1) is 29.2 Å². The molecule has 0 saturated heterocycles. The smallest absolute Gasteiger partial charge is 0.280 e. The first-order chi connectivity index (χ1) is 10.1. The predicted molar refractivity (Wildman–Crippen MR) is 81.4 cm³/mol. The molecule has 5 nitrogen and oxygen atoms in total. The highest BCUT2D eigenvalue weighted by Gasteiger charge is 2.46. The topological polar surface area (TPSA) is 58.2 Å². The number of amides is 1. The molecule has 2 aromatic heterocycles. The van der Waals surface area contributed by atoms with Gasteiger partial charge in [0.15, 0.2) is 0 Å². The molecule has 1 aliphatic carbocycles. The maximum Gasteiger partial charge on any atom is 0.280 e. The maximum atomic E-state index is 12.4. The van der Waals surface area contributed by atoms with E-state index in [4.69, 9.17) is 16.4 Å². The average molecular weight is 326 g/mol. The molecule has 0 spiro atoms. The Bertz CT molecular complexity index is 628. The fourth-order valence-corrected chi connectivity index (χ4v) is 3.96. The van der Waals surface area contributed by atoms with Gasteiger partial charge in [-0.2, -0.15) is 5.10 Å². The summed E-state index contributed by atoms with van der Waals surface area (Å²) in [5, 5.41) is 7.88. The third-order valence-electron chi connectivity index (χ3n) is 3.93. The predicted octanol–water partition coefficient (Wildman–Crippen LogP) is 3.32.